The van der Waals surface area contributed by atoms with E-state index in [4.69, 9.17) is 9.78 Å². The molecule has 0 unspecified atom stereocenters. The van der Waals surface area contributed by atoms with Crippen molar-refractivity contribution in [1.29, 1.82) is 5.26 Å². The Kier molecular flexibility index (Phi) is 4.63. The lowest BCUT2D eigenvalue weighted by Crippen LogP contribution is -2.06. The molecular weight excluding hydrogens is 218 g/mol. The van der Waals surface area contributed by atoms with Crippen LogP contribution in [0.1, 0.15) is 23.4 Å². The van der Waals surface area contributed by atoms with Gasteiger partial charge in [-0.3, -0.25) is 0 Å². The smallest absolute Gasteiger partial charge is 0.379 e. The monoisotopic (exact) mass is 227 g/mol. The van der Waals surface area contributed by atoms with Crippen LogP contribution in [0.2, 0.25) is 0 Å². The second-order valence-electron chi connectivity index (χ2n) is 2.38. The third-order valence-electron chi connectivity index (χ3n) is 1.32. The lowest BCUT2D eigenvalue weighted by atomic mass is 10.6. The van der Waals surface area contributed by atoms with Crippen molar-refractivity contribution >= 4 is 17.7 Å². The Labute approximate surface area is 90.6 Å². The van der Waals surface area contributed by atoms with Gasteiger partial charge in [0.05, 0.1) is 24.2 Å². The van der Waals surface area contributed by atoms with Gasteiger partial charge in [0.2, 0.25) is 5.89 Å². The standard InChI is InChI=1S/C8H9N3O3S/c1-2-13-8(12)7-10-6(14-11-7)5-15-4-3-9/h2,4-5H2,1H3. The summed E-state index contributed by atoms with van der Waals surface area (Å²) < 4.78 is 9.47. The van der Waals surface area contributed by atoms with Crippen molar-refractivity contribution in [3.05, 3.63) is 11.7 Å². The van der Waals surface area contributed by atoms with E-state index >= 15 is 0 Å². The van der Waals surface area contributed by atoms with Crippen molar-refractivity contribution in [3.8, 4) is 6.07 Å². The number of esters is 1. The number of hydrogen-bond donors (Lipinski definition) is 0. The third-order valence-corrected chi connectivity index (χ3v) is 2.10. The molecule has 1 aromatic heterocycles. The van der Waals surface area contributed by atoms with Crippen LogP contribution in [-0.2, 0) is 10.5 Å². The molecule has 0 bridgehead atoms. The lowest BCUT2D eigenvalue weighted by molar-refractivity contribution is 0.0508. The van der Waals surface area contributed by atoms with Crippen LogP contribution >= 0.6 is 11.8 Å². The van der Waals surface area contributed by atoms with Crippen molar-refractivity contribution in [3.63, 3.8) is 0 Å². The first kappa shape index (κ1) is 11.5. The SMILES string of the molecule is CCOC(=O)c1noc(CSCC#N)n1. The van der Waals surface area contributed by atoms with Gasteiger partial charge in [-0.1, -0.05) is 0 Å². The van der Waals surface area contributed by atoms with Gasteiger partial charge >= 0.3 is 5.97 Å². The highest BCUT2D eigenvalue weighted by molar-refractivity contribution is 7.98. The topological polar surface area (TPSA) is 89.0 Å². The van der Waals surface area contributed by atoms with Gasteiger partial charge in [0.1, 0.15) is 0 Å². The number of ether oxygens (including phenoxy) is 1. The van der Waals surface area contributed by atoms with Crippen molar-refractivity contribution in [2.24, 2.45) is 0 Å². The Bertz CT molecular complexity index is 371. The molecule has 6 nitrogen and oxygen atoms in total. The van der Waals surface area contributed by atoms with E-state index in [2.05, 4.69) is 14.9 Å². The Morgan fingerprint density at radius 3 is 3.20 bits per heavy atom. The van der Waals surface area contributed by atoms with E-state index in [1.54, 1.807) is 6.92 Å². The molecule has 1 rings (SSSR count). The summed E-state index contributed by atoms with van der Waals surface area (Å²) in [5.41, 5.74) is 0. The summed E-state index contributed by atoms with van der Waals surface area (Å²) in [7, 11) is 0. The Morgan fingerprint density at radius 1 is 1.73 bits per heavy atom. The van der Waals surface area contributed by atoms with E-state index in [0.29, 0.717) is 17.4 Å². The molecule has 80 valence electrons. The molecular formula is C8H9N3O3S. The van der Waals surface area contributed by atoms with Crippen molar-refractivity contribution in [1.82, 2.24) is 10.1 Å². The van der Waals surface area contributed by atoms with Crippen LogP contribution in [0.4, 0.5) is 0 Å². The van der Waals surface area contributed by atoms with Crippen LogP contribution in [0, 0.1) is 11.3 Å². The summed E-state index contributed by atoms with van der Waals surface area (Å²) in [5, 5.41) is 11.8. The number of nitrogens with zero attached hydrogens (tertiary/aromatic N) is 3. The fraction of sp³-hybridized carbons (Fsp3) is 0.500. The fourth-order valence-corrected chi connectivity index (χ4v) is 1.26. The molecule has 7 heteroatoms. The molecule has 0 aliphatic rings. The molecule has 0 saturated heterocycles. The fourth-order valence-electron chi connectivity index (χ4n) is 0.776. The number of aromatic nitrogens is 2. The molecule has 0 aliphatic carbocycles. The molecule has 1 aromatic rings. The minimum Gasteiger partial charge on any atom is -0.460 e. The highest BCUT2D eigenvalue weighted by Gasteiger charge is 2.15. The molecule has 15 heavy (non-hydrogen) atoms. The van der Waals surface area contributed by atoms with E-state index in [-0.39, 0.29) is 12.4 Å². The largest absolute Gasteiger partial charge is 0.460 e. The Morgan fingerprint density at radius 2 is 2.53 bits per heavy atom. The first-order valence-electron chi connectivity index (χ1n) is 4.22. The predicted octanol–water partition coefficient (Wildman–Crippen LogP) is 1.00. The molecule has 1 heterocycles. The van der Waals surface area contributed by atoms with Crippen LogP contribution < -0.4 is 0 Å². The van der Waals surface area contributed by atoms with E-state index in [1.165, 1.54) is 11.8 Å². The van der Waals surface area contributed by atoms with Crippen LogP contribution in [0.3, 0.4) is 0 Å². The maximum Gasteiger partial charge on any atom is 0.379 e. The first-order chi connectivity index (χ1) is 7.27. The summed E-state index contributed by atoms with van der Waals surface area (Å²) in [4.78, 5) is 14.9. The number of rotatable bonds is 5. The number of thioether (sulfide) groups is 1. The number of hydrogen-bond acceptors (Lipinski definition) is 7. The van der Waals surface area contributed by atoms with Gasteiger partial charge in [0.25, 0.3) is 5.82 Å². The molecule has 0 atom stereocenters. The van der Waals surface area contributed by atoms with Gasteiger partial charge in [-0.25, -0.2) is 4.79 Å². The minimum absolute atomic E-state index is 0.0793. The van der Waals surface area contributed by atoms with Gasteiger partial charge in [0, 0.05) is 0 Å². The first-order valence-corrected chi connectivity index (χ1v) is 5.37. The van der Waals surface area contributed by atoms with Crippen molar-refractivity contribution in [2.45, 2.75) is 12.7 Å². The molecule has 0 fully saturated rings. The van der Waals surface area contributed by atoms with Gasteiger partial charge < -0.3 is 9.26 Å². The highest BCUT2D eigenvalue weighted by Crippen LogP contribution is 2.09. The Balaban J connectivity index is 2.49. The summed E-state index contributed by atoms with van der Waals surface area (Å²) in [6.07, 6.45) is 0. The highest BCUT2D eigenvalue weighted by atomic mass is 32.2. The summed E-state index contributed by atoms with van der Waals surface area (Å²) >= 11 is 1.34. The van der Waals surface area contributed by atoms with Crippen LogP contribution in [0.15, 0.2) is 4.52 Å². The number of nitriles is 1. The van der Waals surface area contributed by atoms with E-state index in [0.717, 1.165) is 0 Å². The molecule has 0 N–H and O–H groups in total. The number of carbonyl (C=O) groups is 1. The average molecular weight is 227 g/mol. The molecule has 0 amide bonds. The molecule has 0 spiro atoms. The predicted molar refractivity (Wildman–Crippen MR) is 52.0 cm³/mol. The zero-order valence-corrected chi connectivity index (χ0v) is 8.91. The van der Waals surface area contributed by atoms with E-state index in [1.807, 2.05) is 6.07 Å². The van der Waals surface area contributed by atoms with Crippen LogP contribution in [-0.4, -0.2) is 28.5 Å². The summed E-state index contributed by atoms with van der Waals surface area (Å²) in [5.74, 6) is 0.400. The van der Waals surface area contributed by atoms with Gasteiger partial charge in [0.15, 0.2) is 0 Å². The van der Waals surface area contributed by atoms with E-state index < -0.39 is 5.97 Å². The normalized spacial score (nSPS) is 9.60. The molecule has 0 radical (unpaired) electrons. The lowest BCUT2D eigenvalue weighted by Gasteiger charge is -1.93. The zero-order valence-electron chi connectivity index (χ0n) is 8.10. The minimum atomic E-state index is -0.599. The quantitative estimate of drug-likeness (QED) is 0.547. The van der Waals surface area contributed by atoms with Crippen molar-refractivity contribution < 1.29 is 14.1 Å². The van der Waals surface area contributed by atoms with E-state index in [9.17, 15) is 4.79 Å². The molecule has 0 saturated carbocycles. The molecule has 0 aliphatic heterocycles. The maximum atomic E-state index is 11.1. The third kappa shape index (κ3) is 3.59. The molecule has 0 aromatic carbocycles. The average Bonchev–Trinajstić information content (AvgIpc) is 2.67. The maximum absolute atomic E-state index is 11.1. The second kappa shape index (κ2) is 6.03. The van der Waals surface area contributed by atoms with Gasteiger partial charge in [-0.05, 0) is 12.1 Å². The van der Waals surface area contributed by atoms with Gasteiger partial charge in [-0.15, -0.1) is 11.8 Å². The summed E-state index contributed by atoms with van der Waals surface area (Å²) in [6.45, 7) is 1.97. The zero-order chi connectivity index (χ0) is 11.1. The number of carbonyl (C=O) groups excluding carboxylic acids is 1. The Hall–Kier alpha value is -1.55. The van der Waals surface area contributed by atoms with Crippen LogP contribution in [0.25, 0.3) is 0 Å². The van der Waals surface area contributed by atoms with Crippen LogP contribution in [0.5, 0.6) is 0 Å². The summed E-state index contributed by atoms with van der Waals surface area (Å²) in [6, 6.07) is 1.97. The second-order valence-corrected chi connectivity index (χ2v) is 3.37. The van der Waals surface area contributed by atoms with Crippen molar-refractivity contribution in [2.75, 3.05) is 12.4 Å². The van der Waals surface area contributed by atoms with Gasteiger partial charge in [-0.2, -0.15) is 10.2 Å².